The number of carbonyl (C=O) groups excluding carboxylic acids is 1. The molecule has 1 amide bonds. The van der Waals surface area contributed by atoms with E-state index in [4.69, 9.17) is 23.2 Å². The largest absolute Gasteiger partial charge is 0.348 e. The van der Waals surface area contributed by atoms with E-state index in [0.29, 0.717) is 12.1 Å². The van der Waals surface area contributed by atoms with Crippen molar-refractivity contribution in [3.63, 3.8) is 0 Å². The van der Waals surface area contributed by atoms with Crippen molar-refractivity contribution in [3.8, 4) is 0 Å². The molecule has 0 fully saturated rings. The van der Waals surface area contributed by atoms with E-state index in [2.05, 4.69) is 15.4 Å². The number of nitrogens with zero attached hydrogens (tertiary/aromatic N) is 3. The first-order valence-electron chi connectivity index (χ1n) is 5.66. The van der Waals surface area contributed by atoms with Crippen LogP contribution in [0.3, 0.4) is 0 Å². The van der Waals surface area contributed by atoms with Crippen molar-refractivity contribution in [1.82, 2.24) is 20.1 Å². The van der Waals surface area contributed by atoms with Crippen molar-refractivity contribution in [2.75, 3.05) is 0 Å². The molecule has 7 heteroatoms. The number of hydrogen-bond donors (Lipinski definition) is 1. The molecule has 100 valence electrons. The smallest absolute Gasteiger partial charge is 0.254 e. The van der Waals surface area contributed by atoms with Crippen molar-refractivity contribution in [3.05, 3.63) is 46.5 Å². The van der Waals surface area contributed by atoms with E-state index in [1.165, 1.54) is 6.07 Å². The van der Waals surface area contributed by atoms with E-state index in [0.717, 1.165) is 0 Å². The Hall–Kier alpha value is -1.59. The Bertz CT molecular complexity index is 571. The Labute approximate surface area is 120 Å². The third-order valence-electron chi connectivity index (χ3n) is 2.46. The summed E-state index contributed by atoms with van der Waals surface area (Å²) in [6.45, 7) is 2.47. The molecule has 0 saturated carbocycles. The molecule has 2 rings (SSSR count). The summed E-state index contributed by atoms with van der Waals surface area (Å²) in [5.74, 6) is -0.283. The Morgan fingerprint density at radius 2 is 2.26 bits per heavy atom. The number of pyridine rings is 1. The van der Waals surface area contributed by atoms with Crippen LogP contribution in [0.5, 0.6) is 0 Å². The van der Waals surface area contributed by atoms with E-state index in [9.17, 15) is 4.79 Å². The van der Waals surface area contributed by atoms with Crippen LogP contribution in [0.2, 0.25) is 10.3 Å². The van der Waals surface area contributed by atoms with Gasteiger partial charge in [0.2, 0.25) is 0 Å². The van der Waals surface area contributed by atoms with E-state index in [-0.39, 0.29) is 22.3 Å². The number of halogens is 2. The molecule has 1 N–H and O–H groups in total. The normalized spacial score (nSPS) is 12.2. The van der Waals surface area contributed by atoms with Crippen LogP contribution in [0, 0.1) is 0 Å². The Morgan fingerprint density at radius 1 is 1.47 bits per heavy atom. The first kappa shape index (κ1) is 13.8. The van der Waals surface area contributed by atoms with Crippen LogP contribution in [0.4, 0.5) is 0 Å². The lowest BCUT2D eigenvalue weighted by Crippen LogP contribution is -2.36. The molecular formula is C12H12Cl2N4O. The maximum Gasteiger partial charge on any atom is 0.254 e. The average Bonchev–Trinajstić information content (AvgIpc) is 2.81. The van der Waals surface area contributed by atoms with E-state index >= 15 is 0 Å². The van der Waals surface area contributed by atoms with E-state index < -0.39 is 0 Å². The van der Waals surface area contributed by atoms with Gasteiger partial charge in [-0.05, 0) is 25.1 Å². The lowest BCUT2D eigenvalue weighted by atomic mass is 10.2. The topological polar surface area (TPSA) is 59.8 Å². The molecule has 0 aliphatic carbocycles. The fraction of sp³-hybridized carbons (Fsp3) is 0.250. The number of carbonyl (C=O) groups is 1. The third kappa shape index (κ3) is 3.68. The summed E-state index contributed by atoms with van der Waals surface area (Å²) >= 11 is 11.6. The van der Waals surface area contributed by atoms with Crippen molar-refractivity contribution >= 4 is 29.1 Å². The minimum absolute atomic E-state index is 0.0841. The van der Waals surface area contributed by atoms with Gasteiger partial charge in [0, 0.05) is 18.4 Å². The number of hydrogen-bond acceptors (Lipinski definition) is 3. The van der Waals surface area contributed by atoms with Gasteiger partial charge >= 0.3 is 0 Å². The molecule has 0 spiro atoms. The zero-order valence-electron chi connectivity index (χ0n) is 10.2. The monoisotopic (exact) mass is 298 g/mol. The number of rotatable bonds is 4. The van der Waals surface area contributed by atoms with Crippen molar-refractivity contribution in [2.45, 2.75) is 19.5 Å². The van der Waals surface area contributed by atoms with Gasteiger partial charge in [-0.2, -0.15) is 5.10 Å². The zero-order valence-corrected chi connectivity index (χ0v) is 11.7. The molecule has 0 bridgehead atoms. The fourth-order valence-electron chi connectivity index (χ4n) is 1.62. The number of aromatic nitrogens is 3. The highest BCUT2D eigenvalue weighted by molar-refractivity contribution is 6.34. The van der Waals surface area contributed by atoms with Gasteiger partial charge in [0.1, 0.15) is 10.3 Å². The number of nitrogens with one attached hydrogen (secondary N) is 1. The minimum Gasteiger partial charge on any atom is -0.348 e. The maximum atomic E-state index is 12.0. The standard InChI is InChI=1S/C12H12Cl2N4O/c1-8(7-18-6-2-5-15-18)16-12(19)9-3-4-10(13)17-11(9)14/h2-6,8H,7H2,1H3,(H,16,19). The van der Waals surface area contributed by atoms with Gasteiger partial charge in [0.15, 0.2) is 0 Å². The Morgan fingerprint density at radius 3 is 2.89 bits per heavy atom. The van der Waals surface area contributed by atoms with Gasteiger partial charge in [0.05, 0.1) is 12.1 Å². The van der Waals surface area contributed by atoms with E-state index in [1.807, 2.05) is 19.2 Å². The molecular weight excluding hydrogens is 287 g/mol. The fourth-order valence-corrected chi connectivity index (χ4v) is 2.05. The quantitative estimate of drug-likeness (QED) is 0.882. The van der Waals surface area contributed by atoms with Gasteiger partial charge < -0.3 is 5.32 Å². The highest BCUT2D eigenvalue weighted by atomic mass is 35.5. The SMILES string of the molecule is CC(Cn1cccn1)NC(=O)c1ccc(Cl)nc1Cl. The van der Waals surface area contributed by atoms with E-state index in [1.54, 1.807) is 16.9 Å². The van der Waals surface area contributed by atoms with Gasteiger partial charge in [-0.1, -0.05) is 23.2 Å². The van der Waals surface area contributed by atoms with Gasteiger partial charge in [-0.25, -0.2) is 4.98 Å². The van der Waals surface area contributed by atoms with Crippen LogP contribution in [0.1, 0.15) is 17.3 Å². The molecule has 5 nitrogen and oxygen atoms in total. The van der Waals surface area contributed by atoms with Crippen molar-refractivity contribution in [2.24, 2.45) is 0 Å². The summed E-state index contributed by atoms with van der Waals surface area (Å²) in [7, 11) is 0. The van der Waals surface area contributed by atoms with Gasteiger partial charge in [-0.15, -0.1) is 0 Å². The minimum atomic E-state index is -0.283. The summed E-state index contributed by atoms with van der Waals surface area (Å²) < 4.78 is 1.74. The predicted molar refractivity (Wildman–Crippen MR) is 73.4 cm³/mol. The van der Waals surface area contributed by atoms with Gasteiger partial charge in [0.25, 0.3) is 5.91 Å². The molecule has 0 aliphatic heterocycles. The van der Waals surface area contributed by atoms with Crippen LogP contribution in [0.15, 0.2) is 30.6 Å². The highest BCUT2D eigenvalue weighted by Crippen LogP contribution is 2.16. The van der Waals surface area contributed by atoms with Crippen LogP contribution in [-0.4, -0.2) is 26.7 Å². The molecule has 2 heterocycles. The molecule has 1 unspecified atom stereocenters. The Kier molecular flexibility index (Phi) is 4.39. The first-order valence-corrected chi connectivity index (χ1v) is 6.42. The van der Waals surface area contributed by atoms with Crippen LogP contribution >= 0.6 is 23.2 Å². The van der Waals surface area contributed by atoms with Crippen LogP contribution in [-0.2, 0) is 6.54 Å². The Balaban J connectivity index is 2.00. The average molecular weight is 299 g/mol. The lowest BCUT2D eigenvalue weighted by molar-refractivity contribution is 0.0936. The summed E-state index contributed by atoms with van der Waals surface area (Å²) in [6, 6.07) is 4.82. The zero-order chi connectivity index (χ0) is 13.8. The highest BCUT2D eigenvalue weighted by Gasteiger charge is 2.14. The first-order chi connectivity index (χ1) is 9.06. The second-order valence-electron chi connectivity index (χ2n) is 4.07. The molecule has 2 aromatic heterocycles. The summed E-state index contributed by atoms with van der Waals surface area (Å²) in [5.41, 5.74) is 0.304. The number of amides is 1. The molecule has 19 heavy (non-hydrogen) atoms. The molecule has 0 aromatic carbocycles. The second kappa shape index (κ2) is 6.04. The van der Waals surface area contributed by atoms with Crippen molar-refractivity contribution in [1.29, 1.82) is 0 Å². The summed E-state index contributed by atoms with van der Waals surface area (Å²) in [5, 5.41) is 7.25. The maximum absolute atomic E-state index is 12.0. The molecule has 1 atom stereocenters. The summed E-state index contributed by atoms with van der Waals surface area (Å²) in [6.07, 6.45) is 3.52. The predicted octanol–water partition coefficient (Wildman–Crippen LogP) is 2.40. The van der Waals surface area contributed by atoms with Crippen molar-refractivity contribution < 1.29 is 4.79 Å². The molecule has 0 radical (unpaired) electrons. The molecule has 2 aromatic rings. The third-order valence-corrected chi connectivity index (χ3v) is 2.96. The van der Waals surface area contributed by atoms with Crippen LogP contribution < -0.4 is 5.32 Å². The second-order valence-corrected chi connectivity index (χ2v) is 4.82. The lowest BCUT2D eigenvalue weighted by Gasteiger charge is -2.14. The van der Waals surface area contributed by atoms with Crippen LogP contribution in [0.25, 0.3) is 0 Å². The van der Waals surface area contributed by atoms with Gasteiger partial charge in [-0.3, -0.25) is 9.48 Å². The molecule has 0 saturated heterocycles. The summed E-state index contributed by atoms with van der Waals surface area (Å²) in [4.78, 5) is 15.8. The molecule has 0 aliphatic rings.